The molecule has 116 valence electrons. The summed E-state index contributed by atoms with van der Waals surface area (Å²) < 4.78 is 23.7. The standard InChI is InChI=1S/C17H18FNO3/c1-11-4-7-15(16(8-11)21-3)22-10-17(20)19-14-6-5-13(18)9-12(14)2/h4-9H,10H2,1-3H3,(H,19,20). The first-order valence-corrected chi connectivity index (χ1v) is 6.83. The molecule has 1 amide bonds. The Morgan fingerprint density at radius 3 is 2.59 bits per heavy atom. The van der Waals surface area contributed by atoms with Crippen LogP contribution >= 0.6 is 0 Å². The molecule has 0 heterocycles. The highest BCUT2D eigenvalue weighted by molar-refractivity contribution is 5.92. The average molecular weight is 303 g/mol. The summed E-state index contributed by atoms with van der Waals surface area (Å²) in [7, 11) is 1.55. The molecule has 0 atom stereocenters. The van der Waals surface area contributed by atoms with Crippen LogP contribution in [0.3, 0.4) is 0 Å². The number of rotatable bonds is 5. The van der Waals surface area contributed by atoms with Crippen LogP contribution in [0.1, 0.15) is 11.1 Å². The third-order valence-corrected chi connectivity index (χ3v) is 3.14. The second kappa shape index (κ2) is 6.93. The molecule has 0 saturated heterocycles. The van der Waals surface area contributed by atoms with Crippen molar-refractivity contribution in [1.29, 1.82) is 0 Å². The van der Waals surface area contributed by atoms with Gasteiger partial charge in [-0.05, 0) is 55.3 Å². The van der Waals surface area contributed by atoms with Gasteiger partial charge in [0, 0.05) is 5.69 Å². The molecule has 4 nitrogen and oxygen atoms in total. The van der Waals surface area contributed by atoms with E-state index in [1.54, 1.807) is 20.1 Å². The van der Waals surface area contributed by atoms with Crippen LogP contribution in [-0.2, 0) is 4.79 Å². The summed E-state index contributed by atoms with van der Waals surface area (Å²) in [5, 5.41) is 2.69. The number of hydrogen-bond donors (Lipinski definition) is 1. The van der Waals surface area contributed by atoms with Gasteiger partial charge in [-0.2, -0.15) is 0 Å². The number of hydrogen-bond acceptors (Lipinski definition) is 3. The van der Waals surface area contributed by atoms with E-state index in [1.807, 2.05) is 19.1 Å². The fourth-order valence-electron chi connectivity index (χ4n) is 1.99. The Labute approximate surface area is 128 Å². The summed E-state index contributed by atoms with van der Waals surface area (Å²) in [6, 6.07) is 9.64. The van der Waals surface area contributed by atoms with Gasteiger partial charge in [0.25, 0.3) is 5.91 Å². The van der Waals surface area contributed by atoms with Crippen LogP contribution < -0.4 is 14.8 Å². The van der Waals surface area contributed by atoms with Crippen molar-refractivity contribution in [2.45, 2.75) is 13.8 Å². The maximum atomic E-state index is 13.0. The third-order valence-electron chi connectivity index (χ3n) is 3.14. The van der Waals surface area contributed by atoms with E-state index in [2.05, 4.69) is 5.32 Å². The molecule has 0 unspecified atom stereocenters. The predicted molar refractivity (Wildman–Crippen MR) is 83.0 cm³/mol. The van der Waals surface area contributed by atoms with Gasteiger partial charge in [-0.25, -0.2) is 4.39 Å². The number of benzene rings is 2. The summed E-state index contributed by atoms with van der Waals surface area (Å²) in [4.78, 5) is 11.9. The number of anilines is 1. The molecule has 1 N–H and O–H groups in total. The van der Waals surface area contributed by atoms with E-state index in [4.69, 9.17) is 9.47 Å². The lowest BCUT2D eigenvalue weighted by molar-refractivity contribution is -0.118. The Bertz CT molecular complexity index is 686. The molecule has 22 heavy (non-hydrogen) atoms. The molecular weight excluding hydrogens is 285 g/mol. The van der Waals surface area contributed by atoms with E-state index < -0.39 is 0 Å². The molecule has 2 rings (SSSR count). The molecule has 0 saturated carbocycles. The molecule has 0 radical (unpaired) electrons. The highest BCUT2D eigenvalue weighted by Gasteiger charge is 2.09. The van der Waals surface area contributed by atoms with Gasteiger partial charge >= 0.3 is 0 Å². The zero-order valence-electron chi connectivity index (χ0n) is 12.8. The second-order valence-corrected chi connectivity index (χ2v) is 4.95. The van der Waals surface area contributed by atoms with Gasteiger partial charge in [-0.1, -0.05) is 6.07 Å². The lowest BCUT2D eigenvalue weighted by Crippen LogP contribution is -2.20. The highest BCUT2D eigenvalue weighted by atomic mass is 19.1. The summed E-state index contributed by atoms with van der Waals surface area (Å²) in [5.41, 5.74) is 2.25. The maximum Gasteiger partial charge on any atom is 0.262 e. The lowest BCUT2D eigenvalue weighted by atomic mass is 10.2. The van der Waals surface area contributed by atoms with Crippen LogP contribution in [0.25, 0.3) is 0 Å². The summed E-state index contributed by atoms with van der Waals surface area (Å²) in [6.07, 6.45) is 0. The van der Waals surface area contributed by atoms with E-state index in [1.165, 1.54) is 18.2 Å². The molecule has 2 aromatic carbocycles. The minimum Gasteiger partial charge on any atom is -0.493 e. The molecule has 0 bridgehead atoms. The normalized spacial score (nSPS) is 10.2. The predicted octanol–water partition coefficient (Wildman–Crippen LogP) is 3.47. The number of amides is 1. The van der Waals surface area contributed by atoms with Crippen LogP contribution in [-0.4, -0.2) is 19.6 Å². The van der Waals surface area contributed by atoms with Gasteiger partial charge in [-0.3, -0.25) is 4.79 Å². The van der Waals surface area contributed by atoms with Crippen molar-refractivity contribution < 1.29 is 18.7 Å². The Morgan fingerprint density at radius 2 is 1.91 bits per heavy atom. The van der Waals surface area contributed by atoms with Crippen LogP contribution in [0, 0.1) is 19.7 Å². The Balaban J connectivity index is 1.98. The zero-order valence-corrected chi connectivity index (χ0v) is 12.8. The number of carbonyl (C=O) groups is 1. The molecule has 0 spiro atoms. The van der Waals surface area contributed by atoms with Crippen molar-refractivity contribution in [3.63, 3.8) is 0 Å². The van der Waals surface area contributed by atoms with Crippen molar-refractivity contribution >= 4 is 11.6 Å². The minimum absolute atomic E-state index is 0.157. The minimum atomic E-state index is -0.337. The highest BCUT2D eigenvalue weighted by Crippen LogP contribution is 2.27. The first-order chi connectivity index (χ1) is 10.5. The third kappa shape index (κ3) is 3.97. The molecule has 0 aliphatic heterocycles. The lowest BCUT2D eigenvalue weighted by Gasteiger charge is -2.12. The van der Waals surface area contributed by atoms with E-state index >= 15 is 0 Å². The van der Waals surface area contributed by atoms with Gasteiger partial charge in [0.15, 0.2) is 18.1 Å². The summed E-state index contributed by atoms with van der Waals surface area (Å²) in [6.45, 7) is 3.51. The van der Waals surface area contributed by atoms with E-state index in [-0.39, 0.29) is 18.3 Å². The molecule has 0 aliphatic rings. The topological polar surface area (TPSA) is 47.6 Å². The van der Waals surface area contributed by atoms with Crippen molar-refractivity contribution in [1.82, 2.24) is 0 Å². The molecule has 0 aromatic heterocycles. The van der Waals surface area contributed by atoms with Crippen molar-refractivity contribution in [2.75, 3.05) is 19.0 Å². The van der Waals surface area contributed by atoms with Crippen LogP contribution in [0.2, 0.25) is 0 Å². The smallest absolute Gasteiger partial charge is 0.262 e. The molecule has 5 heteroatoms. The van der Waals surface area contributed by atoms with Gasteiger partial charge in [-0.15, -0.1) is 0 Å². The quantitative estimate of drug-likeness (QED) is 0.920. The first kappa shape index (κ1) is 15.8. The summed E-state index contributed by atoms with van der Waals surface area (Å²) >= 11 is 0. The largest absolute Gasteiger partial charge is 0.493 e. The Kier molecular flexibility index (Phi) is 4.99. The van der Waals surface area contributed by atoms with Gasteiger partial charge in [0.1, 0.15) is 5.82 Å². The second-order valence-electron chi connectivity index (χ2n) is 4.95. The average Bonchev–Trinajstić information content (AvgIpc) is 2.48. The van der Waals surface area contributed by atoms with Gasteiger partial charge < -0.3 is 14.8 Å². The SMILES string of the molecule is COc1cc(C)ccc1OCC(=O)Nc1ccc(F)cc1C. The number of nitrogens with one attached hydrogen (secondary N) is 1. The van der Waals surface area contributed by atoms with E-state index in [0.717, 1.165) is 5.56 Å². The number of methoxy groups -OCH3 is 1. The monoisotopic (exact) mass is 303 g/mol. The fourth-order valence-corrected chi connectivity index (χ4v) is 1.99. The molecule has 0 aliphatic carbocycles. The number of carbonyl (C=O) groups excluding carboxylic acids is 1. The maximum absolute atomic E-state index is 13.0. The number of halogens is 1. The molecule has 0 fully saturated rings. The fraction of sp³-hybridized carbons (Fsp3) is 0.235. The zero-order chi connectivity index (χ0) is 16.1. The first-order valence-electron chi connectivity index (χ1n) is 6.83. The number of ether oxygens (including phenoxy) is 2. The summed E-state index contributed by atoms with van der Waals surface area (Å²) in [5.74, 6) is 0.415. The molecular formula is C17H18FNO3. The van der Waals surface area contributed by atoms with Crippen LogP contribution in [0.15, 0.2) is 36.4 Å². The Morgan fingerprint density at radius 1 is 1.14 bits per heavy atom. The van der Waals surface area contributed by atoms with Crippen molar-refractivity contribution in [2.24, 2.45) is 0 Å². The van der Waals surface area contributed by atoms with Crippen LogP contribution in [0.5, 0.6) is 11.5 Å². The van der Waals surface area contributed by atoms with E-state index in [0.29, 0.717) is 22.7 Å². The van der Waals surface area contributed by atoms with Gasteiger partial charge in [0.05, 0.1) is 7.11 Å². The van der Waals surface area contributed by atoms with Crippen molar-refractivity contribution in [3.8, 4) is 11.5 Å². The van der Waals surface area contributed by atoms with Crippen LogP contribution in [0.4, 0.5) is 10.1 Å². The van der Waals surface area contributed by atoms with E-state index in [9.17, 15) is 9.18 Å². The number of aryl methyl sites for hydroxylation is 2. The van der Waals surface area contributed by atoms with Crippen molar-refractivity contribution in [3.05, 3.63) is 53.3 Å². The Hall–Kier alpha value is -2.56. The molecule has 2 aromatic rings. The van der Waals surface area contributed by atoms with Gasteiger partial charge in [0.2, 0.25) is 0 Å².